The molecule has 1 aliphatic heterocycles. The lowest BCUT2D eigenvalue weighted by atomic mass is 10.0. The second kappa shape index (κ2) is 9.35. The first kappa shape index (κ1) is 21.9. The Balaban J connectivity index is 1.58. The zero-order chi connectivity index (χ0) is 22.5. The number of nitrogens with zero attached hydrogens (tertiary/aromatic N) is 2. The topological polar surface area (TPSA) is 131 Å². The van der Waals surface area contributed by atoms with Crippen LogP contribution >= 0.6 is 0 Å². The van der Waals surface area contributed by atoms with E-state index in [1.54, 1.807) is 14.1 Å². The molecule has 0 spiro atoms. The van der Waals surface area contributed by atoms with Crippen molar-refractivity contribution in [1.29, 1.82) is 0 Å². The lowest BCUT2D eigenvalue weighted by Gasteiger charge is -2.21. The first-order valence-corrected chi connectivity index (χ1v) is 9.43. The molecule has 0 aromatic heterocycles. The molecule has 1 heterocycles. The number of amides is 2. The largest absolute Gasteiger partial charge is 0.425 e. The van der Waals surface area contributed by atoms with Gasteiger partial charge in [0.15, 0.2) is 12.2 Å². The van der Waals surface area contributed by atoms with Crippen LogP contribution in [0.3, 0.4) is 0 Å². The van der Waals surface area contributed by atoms with Crippen LogP contribution in [-0.4, -0.2) is 60.0 Å². The molecule has 162 valence electrons. The number of ether oxygens (including phenoxy) is 2. The fourth-order valence-corrected chi connectivity index (χ4v) is 2.92. The molecule has 3 atom stereocenters. The molecular formula is C21H21N3O7. The van der Waals surface area contributed by atoms with Gasteiger partial charge >= 0.3 is 5.97 Å². The molecule has 0 radical (unpaired) electrons. The lowest BCUT2D eigenvalue weighted by molar-refractivity contribution is -0.384. The van der Waals surface area contributed by atoms with E-state index in [1.165, 1.54) is 29.2 Å². The molecule has 2 unspecified atom stereocenters. The summed E-state index contributed by atoms with van der Waals surface area (Å²) in [4.78, 5) is 48.7. The van der Waals surface area contributed by atoms with Crippen LogP contribution < -0.4 is 10.1 Å². The number of non-ortho nitro benzene ring substituents is 1. The van der Waals surface area contributed by atoms with Gasteiger partial charge < -0.3 is 19.7 Å². The highest BCUT2D eigenvalue weighted by Crippen LogP contribution is 2.26. The van der Waals surface area contributed by atoms with Crippen LogP contribution in [0.1, 0.15) is 5.56 Å². The van der Waals surface area contributed by atoms with Crippen LogP contribution in [0.2, 0.25) is 0 Å². The van der Waals surface area contributed by atoms with E-state index in [9.17, 15) is 24.5 Å². The normalized spacial score (nSPS) is 17.9. The summed E-state index contributed by atoms with van der Waals surface area (Å²) in [5.74, 6) is -1.59. The maximum absolute atomic E-state index is 12.5. The first-order valence-electron chi connectivity index (χ1n) is 9.43. The van der Waals surface area contributed by atoms with Gasteiger partial charge in [0.25, 0.3) is 11.6 Å². The Morgan fingerprint density at radius 2 is 1.74 bits per heavy atom. The number of nitro groups is 1. The maximum atomic E-state index is 12.5. The number of epoxide rings is 1. The number of rotatable bonds is 8. The van der Waals surface area contributed by atoms with Gasteiger partial charge in [-0.25, -0.2) is 4.79 Å². The molecule has 10 nitrogen and oxygen atoms in total. The predicted molar refractivity (Wildman–Crippen MR) is 108 cm³/mol. The van der Waals surface area contributed by atoms with Crippen LogP contribution in [0.15, 0.2) is 54.6 Å². The van der Waals surface area contributed by atoms with Crippen molar-refractivity contribution in [1.82, 2.24) is 10.2 Å². The Morgan fingerprint density at radius 1 is 1.10 bits per heavy atom. The number of nitro benzene ring substituents is 1. The highest BCUT2D eigenvalue weighted by molar-refractivity contribution is 5.96. The fourth-order valence-electron chi connectivity index (χ4n) is 2.92. The summed E-state index contributed by atoms with van der Waals surface area (Å²) in [6.07, 6.45) is -1.89. The monoisotopic (exact) mass is 427 g/mol. The SMILES string of the molecule is CN(C)C(=O)[C@H](Cc1ccccc1)NC(=O)C1OC1C(=O)Oc1ccc([N+](=O)[O-])cc1. The quantitative estimate of drug-likeness (QED) is 0.219. The lowest BCUT2D eigenvalue weighted by Crippen LogP contribution is -2.49. The molecule has 2 amide bonds. The van der Waals surface area contributed by atoms with Gasteiger partial charge in [-0.1, -0.05) is 30.3 Å². The van der Waals surface area contributed by atoms with E-state index in [0.717, 1.165) is 5.56 Å². The summed E-state index contributed by atoms with van der Waals surface area (Å²) in [7, 11) is 3.18. The Kier molecular flexibility index (Phi) is 6.61. The molecule has 1 aliphatic rings. The highest BCUT2D eigenvalue weighted by Gasteiger charge is 2.52. The van der Waals surface area contributed by atoms with Crippen LogP contribution in [0.25, 0.3) is 0 Å². The molecule has 31 heavy (non-hydrogen) atoms. The van der Waals surface area contributed by atoms with Crippen molar-refractivity contribution in [3.05, 3.63) is 70.3 Å². The molecule has 2 aromatic carbocycles. The molecule has 1 fully saturated rings. The Hall–Kier alpha value is -3.79. The Labute approximate surface area is 177 Å². The second-order valence-electron chi connectivity index (χ2n) is 7.13. The van der Waals surface area contributed by atoms with E-state index in [0.29, 0.717) is 0 Å². The van der Waals surface area contributed by atoms with E-state index >= 15 is 0 Å². The summed E-state index contributed by atoms with van der Waals surface area (Å²) < 4.78 is 10.2. The van der Waals surface area contributed by atoms with E-state index in [2.05, 4.69) is 5.32 Å². The van der Waals surface area contributed by atoms with Gasteiger partial charge in [0.2, 0.25) is 5.91 Å². The van der Waals surface area contributed by atoms with Gasteiger partial charge in [-0.15, -0.1) is 0 Å². The maximum Gasteiger partial charge on any atom is 0.344 e. The number of hydrogen-bond acceptors (Lipinski definition) is 7. The van der Waals surface area contributed by atoms with Crippen LogP contribution in [0.4, 0.5) is 5.69 Å². The molecule has 10 heteroatoms. The van der Waals surface area contributed by atoms with E-state index in [1.807, 2.05) is 30.3 Å². The minimum absolute atomic E-state index is 0.0926. The van der Waals surface area contributed by atoms with Crippen molar-refractivity contribution in [2.45, 2.75) is 24.7 Å². The molecule has 0 bridgehead atoms. The number of benzene rings is 2. The minimum Gasteiger partial charge on any atom is -0.425 e. The smallest absolute Gasteiger partial charge is 0.344 e. The third kappa shape index (κ3) is 5.64. The Bertz CT molecular complexity index is 976. The number of carbonyl (C=O) groups is 3. The summed E-state index contributed by atoms with van der Waals surface area (Å²) in [5, 5.41) is 13.3. The van der Waals surface area contributed by atoms with Crippen molar-refractivity contribution in [3.8, 4) is 5.75 Å². The zero-order valence-corrected chi connectivity index (χ0v) is 16.9. The molecule has 3 rings (SSSR count). The first-order chi connectivity index (χ1) is 14.8. The third-order valence-electron chi connectivity index (χ3n) is 4.59. The predicted octanol–water partition coefficient (Wildman–Crippen LogP) is 1.08. The van der Waals surface area contributed by atoms with Crippen molar-refractivity contribution >= 4 is 23.5 Å². The van der Waals surface area contributed by atoms with Crippen LogP contribution in [-0.2, 0) is 25.5 Å². The van der Waals surface area contributed by atoms with E-state index in [-0.39, 0.29) is 23.8 Å². The summed E-state index contributed by atoms with van der Waals surface area (Å²) >= 11 is 0. The fraction of sp³-hybridized carbons (Fsp3) is 0.286. The number of hydrogen-bond donors (Lipinski definition) is 1. The molecular weight excluding hydrogens is 406 g/mol. The number of likely N-dealkylation sites (N-methyl/N-ethyl adjacent to an activating group) is 1. The third-order valence-corrected chi connectivity index (χ3v) is 4.59. The average molecular weight is 427 g/mol. The van der Waals surface area contributed by atoms with Gasteiger partial charge in [0, 0.05) is 32.6 Å². The van der Waals surface area contributed by atoms with Crippen molar-refractivity contribution in [3.63, 3.8) is 0 Å². The number of nitrogens with one attached hydrogen (secondary N) is 1. The van der Waals surface area contributed by atoms with E-state index in [4.69, 9.17) is 9.47 Å². The van der Waals surface area contributed by atoms with Gasteiger partial charge in [0.1, 0.15) is 11.8 Å². The Morgan fingerprint density at radius 3 is 2.32 bits per heavy atom. The molecule has 1 saturated heterocycles. The summed E-state index contributed by atoms with van der Waals surface area (Å²) in [6, 6.07) is 13.3. The van der Waals surface area contributed by atoms with Crippen molar-refractivity contribution in [2.75, 3.05) is 14.1 Å². The molecule has 2 aromatic rings. The van der Waals surface area contributed by atoms with Crippen LogP contribution in [0.5, 0.6) is 5.75 Å². The molecule has 0 saturated carbocycles. The average Bonchev–Trinajstić information content (AvgIpc) is 3.55. The number of carbonyl (C=O) groups excluding carboxylic acids is 3. The van der Waals surface area contributed by atoms with Crippen LogP contribution in [0, 0.1) is 10.1 Å². The summed E-state index contributed by atoms with van der Waals surface area (Å²) in [6.45, 7) is 0. The van der Waals surface area contributed by atoms with Crippen molar-refractivity contribution in [2.24, 2.45) is 0 Å². The van der Waals surface area contributed by atoms with Gasteiger partial charge in [-0.05, 0) is 17.7 Å². The van der Waals surface area contributed by atoms with Crippen molar-refractivity contribution < 1.29 is 28.8 Å². The van der Waals surface area contributed by atoms with Gasteiger partial charge in [0.05, 0.1) is 4.92 Å². The standard InChI is InChI=1S/C21H21N3O7/c1-23(2)20(26)16(12-13-6-4-3-5-7-13)22-19(25)17-18(31-17)21(27)30-15-10-8-14(9-11-15)24(28)29/h3-11,16-18H,12H2,1-2H3,(H,22,25)/t16-,17?,18?/m0/s1. The molecule has 1 N–H and O–H groups in total. The number of esters is 1. The van der Waals surface area contributed by atoms with Gasteiger partial charge in [-0.2, -0.15) is 0 Å². The molecule has 0 aliphatic carbocycles. The summed E-state index contributed by atoms with van der Waals surface area (Å²) in [5.41, 5.74) is 0.726. The van der Waals surface area contributed by atoms with E-state index < -0.39 is 35.0 Å². The van der Waals surface area contributed by atoms with Gasteiger partial charge in [-0.3, -0.25) is 19.7 Å². The minimum atomic E-state index is -1.11. The second-order valence-corrected chi connectivity index (χ2v) is 7.13. The highest BCUT2D eigenvalue weighted by atomic mass is 16.6. The zero-order valence-electron chi connectivity index (χ0n) is 16.9.